The molecule has 8 nitrogen and oxygen atoms in total. The van der Waals surface area contributed by atoms with Crippen molar-refractivity contribution >= 4 is 20.0 Å². The molecule has 10 heteroatoms. The van der Waals surface area contributed by atoms with E-state index in [4.69, 9.17) is 4.74 Å². The lowest BCUT2D eigenvalue weighted by atomic mass is 10.0. The van der Waals surface area contributed by atoms with Gasteiger partial charge in [0, 0.05) is 38.8 Å². The fourth-order valence-corrected chi connectivity index (χ4v) is 8.11. The highest BCUT2D eigenvalue weighted by atomic mass is 32.2. The highest BCUT2D eigenvalue weighted by Gasteiger charge is 2.41. The molecule has 0 aromatic heterocycles. The van der Waals surface area contributed by atoms with Gasteiger partial charge in [-0.05, 0) is 38.1 Å². The van der Waals surface area contributed by atoms with Crippen molar-refractivity contribution in [3.05, 3.63) is 0 Å². The fourth-order valence-electron chi connectivity index (χ4n) is 4.27. The Hall–Kier alpha value is -0.260. The number of piperidine rings is 1. The molecule has 0 radical (unpaired) electrons. The van der Waals surface area contributed by atoms with Crippen molar-refractivity contribution in [1.82, 2.24) is 13.5 Å². The minimum Gasteiger partial charge on any atom is -0.379 e. The first-order valence-electron chi connectivity index (χ1n) is 10.1. The molecule has 0 spiro atoms. The highest BCUT2D eigenvalue weighted by Crippen LogP contribution is 2.26. The number of morpholine rings is 1. The van der Waals surface area contributed by atoms with E-state index in [9.17, 15) is 16.8 Å². The van der Waals surface area contributed by atoms with E-state index in [0.717, 1.165) is 32.5 Å². The largest absolute Gasteiger partial charge is 0.379 e. The standard InChI is InChI=1S/C17H33N3O5S2/c1-16-4-2-7-19(14-16)27(23,24)20(17-5-13-26(21,22)15-17)8-3-6-18-9-11-25-12-10-18/h16-17H,2-15H2,1H3. The number of nitrogens with zero attached hydrogens (tertiary/aromatic N) is 3. The lowest BCUT2D eigenvalue weighted by Gasteiger charge is -2.37. The molecular weight excluding hydrogens is 390 g/mol. The summed E-state index contributed by atoms with van der Waals surface area (Å²) in [4.78, 5) is 2.28. The number of ether oxygens (including phenoxy) is 1. The molecule has 0 saturated carbocycles. The first-order valence-corrected chi connectivity index (χ1v) is 13.3. The summed E-state index contributed by atoms with van der Waals surface area (Å²) in [6, 6.07) is -0.429. The molecule has 2 atom stereocenters. The van der Waals surface area contributed by atoms with E-state index >= 15 is 0 Å². The van der Waals surface area contributed by atoms with Gasteiger partial charge in [0.15, 0.2) is 9.84 Å². The van der Waals surface area contributed by atoms with Gasteiger partial charge in [0.1, 0.15) is 0 Å². The van der Waals surface area contributed by atoms with Crippen LogP contribution in [0.25, 0.3) is 0 Å². The van der Waals surface area contributed by atoms with Crippen molar-refractivity contribution in [2.45, 2.75) is 38.6 Å². The minimum atomic E-state index is -3.63. The summed E-state index contributed by atoms with van der Waals surface area (Å²) >= 11 is 0. The fraction of sp³-hybridized carbons (Fsp3) is 1.00. The summed E-state index contributed by atoms with van der Waals surface area (Å²) < 4.78 is 59.0. The van der Waals surface area contributed by atoms with Crippen molar-refractivity contribution < 1.29 is 21.6 Å². The van der Waals surface area contributed by atoms with Gasteiger partial charge in [0.2, 0.25) is 0 Å². The van der Waals surface area contributed by atoms with Crippen molar-refractivity contribution in [3.63, 3.8) is 0 Å². The number of hydrogen-bond acceptors (Lipinski definition) is 6. The zero-order valence-corrected chi connectivity index (χ0v) is 17.9. The summed E-state index contributed by atoms with van der Waals surface area (Å²) in [6.07, 6.45) is 3.02. The Labute approximate surface area is 163 Å². The number of sulfone groups is 1. The second-order valence-electron chi connectivity index (χ2n) is 8.09. The van der Waals surface area contributed by atoms with Crippen LogP contribution in [0.15, 0.2) is 0 Å². The smallest absolute Gasteiger partial charge is 0.282 e. The summed E-state index contributed by atoms with van der Waals surface area (Å²) in [6.45, 7) is 7.50. The minimum absolute atomic E-state index is 0.0484. The van der Waals surface area contributed by atoms with Crippen LogP contribution in [0.5, 0.6) is 0 Å². The first kappa shape index (κ1) is 21.4. The van der Waals surface area contributed by atoms with Crippen LogP contribution in [0, 0.1) is 5.92 Å². The molecule has 2 unspecified atom stereocenters. The lowest BCUT2D eigenvalue weighted by Crippen LogP contribution is -2.52. The van der Waals surface area contributed by atoms with Crippen LogP contribution in [0.3, 0.4) is 0 Å². The second kappa shape index (κ2) is 9.04. The van der Waals surface area contributed by atoms with Crippen molar-refractivity contribution in [3.8, 4) is 0 Å². The predicted octanol–water partition coefficient (Wildman–Crippen LogP) is 0.175. The van der Waals surface area contributed by atoms with E-state index in [1.54, 1.807) is 4.31 Å². The third-order valence-corrected chi connectivity index (χ3v) is 9.62. The molecule has 3 saturated heterocycles. The van der Waals surface area contributed by atoms with Crippen molar-refractivity contribution in [2.24, 2.45) is 5.92 Å². The van der Waals surface area contributed by atoms with E-state index in [1.807, 2.05) is 0 Å². The van der Waals surface area contributed by atoms with Crippen molar-refractivity contribution in [2.75, 3.05) is 64.0 Å². The van der Waals surface area contributed by atoms with E-state index < -0.39 is 26.1 Å². The van der Waals surface area contributed by atoms with Crippen LogP contribution in [-0.2, 0) is 24.8 Å². The summed E-state index contributed by atoms with van der Waals surface area (Å²) in [7, 11) is -6.77. The normalized spacial score (nSPS) is 30.7. The van der Waals surface area contributed by atoms with Crippen LogP contribution in [0.4, 0.5) is 0 Å². The average Bonchev–Trinajstić information content (AvgIpc) is 2.99. The molecule has 3 aliphatic heterocycles. The molecule has 27 heavy (non-hydrogen) atoms. The molecule has 3 rings (SSSR count). The summed E-state index contributed by atoms with van der Waals surface area (Å²) in [5.41, 5.74) is 0. The maximum atomic E-state index is 13.3. The summed E-state index contributed by atoms with van der Waals surface area (Å²) in [5, 5.41) is 0. The van der Waals surface area contributed by atoms with Gasteiger partial charge >= 0.3 is 0 Å². The van der Waals surface area contributed by atoms with E-state index in [1.165, 1.54) is 4.31 Å². The molecule has 3 aliphatic rings. The topological polar surface area (TPSA) is 87.2 Å². The van der Waals surface area contributed by atoms with E-state index in [2.05, 4.69) is 11.8 Å². The molecule has 158 valence electrons. The van der Waals surface area contributed by atoms with Crippen LogP contribution < -0.4 is 0 Å². The van der Waals surface area contributed by atoms with Gasteiger partial charge in [-0.3, -0.25) is 4.90 Å². The van der Waals surface area contributed by atoms with Gasteiger partial charge in [-0.25, -0.2) is 8.42 Å². The van der Waals surface area contributed by atoms with E-state index in [0.29, 0.717) is 51.6 Å². The van der Waals surface area contributed by atoms with Gasteiger partial charge in [-0.1, -0.05) is 6.92 Å². The Kier molecular flexibility index (Phi) is 7.18. The maximum absolute atomic E-state index is 13.3. The van der Waals surface area contributed by atoms with Gasteiger partial charge in [0.25, 0.3) is 10.2 Å². The van der Waals surface area contributed by atoms with Gasteiger partial charge in [-0.15, -0.1) is 0 Å². The van der Waals surface area contributed by atoms with Crippen LogP contribution >= 0.6 is 0 Å². The van der Waals surface area contributed by atoms with Crippen LogP contribution in [-0.4, -0.2) is 100 Å². The quantitative estimate of drug-likeness (QED) is 0.580. The molecule has 0 aliphatic carbocycles. The first-order chi connectivity index (χ1) is 12.8. The molecular formula is C17H33N3O5S2. The molecule has 0 amide bonds. The highest BCUT2D eigenvalue weighted by molar-refractivity contribution is 7.91. The van der Waals surface area contributed by atoms with E-state index in [-0.39, 0.29) is 11.5 Å². The predicted molar refractivity (Wildman–Crippen MR) is 105 cm³/mol. The Morgan fingerprint density at radius 2 is 1.89 bits per heavy atom. The molecule has 0 aromatic rings. The van der Waals surface area contributed by atoms with Crippen LogP contribution in [0.2, 0.25) is 0 Å². The average molecular weight is 424 g/mol. The zero-order chi connectivity index (χ0) is 19.5. The van der Waals surface area contributed by atoms with Gasteiger partial charge in [0.05, 0.1) is 24.7 Å². The summed E-state index contributed by atoms with van der Waals surface area (Å²) in [5.74, 6) is 0.382. The molecule has 3 heterocycles. The Morgan fingerprint density at radius 3 is 2.52 bits per heavy atom. The number of rotatable bonds is 7. The van der Waals surface area contributed by atoms with Gasteiger partial charge < -0.3 is 4.74 Å². The monoisotopic (exact) mass is 423 g/mol. The van der Waals surface area contributed by atoms with Crippen LogP contribution in [0.1, 0.15) is 32.6 Å². The Morgan fingerprint density at radius 1 is 1.15 bits per heavy atom. The number of hydrogen-bond donors (Lipinski definition) is 0. The van der Waals surface area contributed by atoms with Gasteiger partial charge in [-0.2, -0.15) is 17.0 Å². The second-order valence-corrected chi connectivity index (χ2v) is 12.2. The van der Waals surface area contributed by atoms with Crippen molar-refractivity contribution in [1.29, 1.82) is 0 Å². The molecule has 0 N–H and O–H groups in total. The third kappa shape index (κ3) is 5.63. The third-order valence-electron chi connectivity index (χ3n) is 5.81. The maximum Gasteiger partial charge on any atom is 0.282 e. The lowest BCUT2D eigenvalue weighted by molar-refractivity contribution is 0.0366. The Balaban J connectivity index is 1.68. The molecule has 3 fully saturated rings. The Bertz CT molecular complexity index is 691. The molecule has 0 bridgehead atoms. The molecule has 0 aromatic carbocycles. The SMILES string of the molecule is CC1CCCN(S(=O)(=O)N(CCCN2CCOCC2)C2CCS(=O)(=O)C2)C1. The zero-order valence-electron chi connectivity index (χ0n) is 16.3.